The predicted molar refractivity (Wildman–Crippen MR) is 39.7 cm³/mol. The Morgan fingerprint density at radius 1 is 1.70 bits per heavy atom. The lowest BCUT2D eigenvalue weighted by molar-refractivity contribution is 1.23. The van der Waals surface area contributed by atoms with E-state index in [1.807, 2.05) is 0 Å². The minimum absolute atomic E-state index is 0.226. The second kappa shape index (κ2) is 2.47. The zero-order valence-electron chi connectivity index (χ0n) is 5.20. The van der Waals surface area contributed by atoms with Crippen molar-refractivity contribution in [2.45, 2.75) is 0 Å². The third-order valence-electron chi connectivity index (χ3n) is 0.985. The summed E-state index contributed by atoms with van der Waals surface area (Å²) in [5.41, 5.74) is 5.90. The summed E-state index contributed by atoms with van der Waals surface area (Å²) in [5, 5.41) is 6.82. The molecule has 0 amide bonds. The number of anilines is 1. The van der Waals surface area contributed by atoms with Crippen LogP contribution in [0, 0.1) is 5.41 Å². The van der Waals surface area contributed by atoms with Crippen LogP contribution in [0.3, 0.4) is 0 Å². The Balaban J connectivity index is 3.21. The zero-order chi connectivity index (χ0) is 7.56. The maximum absolute atomic E-state index is 6.82. The summed E-state index contributed by atoms with van der Waals surface area (Å²) >= 11 is 0. The fourth-order valence-electron chi connectivity index (χ4n) is 0.533. The topological polar surface area (TPSA) is 75.7 Å². The van der Waals surface area contributed by atoms with Crippen LogP contribution in [0.2, 0.25) is 0 Å². The van der Waals surface area contributed by atoms with Crippen LogP contribution in [0.15, 0.2) is 6.20 Å². The summed E-state index contributed by atoms with van der Waals surface area (Å²) in [6.07, 6.45) is 2.36. The molecule has 4 nitrogen and oxygen atoms in total. The van der Waals surface area contributed by atoms with E-state index in [0.29, 0.717) is 5.69 Å². The average molecular weight is 132 g/mol. The van der Waals surface area contributed by atoms with Gasteiger partial charge in [-0.15, -0.1) is 0 Å². The van der Waals surface area contributed by atoms with Crippen LogP contribution in [0.1, 0.15) is 5.69 Å². The van der Waals surface area contributed by atoms with E-state index in [9.17, 15) is 0 Å². The molecule has 0 atom stereocenters. The van der Waals surface area contributed by atoms with E-state index in [4.69, 9.17) is 19.0 Å². The van der Waals surface area contributed by atoms with Crippen LogP contribution in [0.5, 0.6) is 0 Å². The summed E-state index contributed by atoms with van der Waals surface area (Å²) < 4.78 is 0. The number of hydrogen-bond acceptors (Lipinski definition) is 4. The Labute approximate surface area is 59.4 Å². The van der Waals surface area contributed by atoms with E-state index in [0.717, 1.165) is 6.21 Å². The van der Waals surface area contributed by atoms with Crippen molar-refractivity contribution in [3.63, 3.8) is 0 Å². The molecule has 0 bridgehead atoms. The number of aromatic nitrogens is 2. The van der Waals surface area contributed by atoms with Crippen LogP contribution < -0.4 is 11.3 Å². The van der Waals surface area contributed by atoms with Gasteiger partial charge in [0.2, 0.25) is 0 Å². The van der Waals surface area contributed by atoms with Crippen LogP contribution in [0.4, 0.5) is 5.82 Å². The zero-order valence-corrected chi connectivity index (χ0v) is 5.20. The van der Waals surface area contributed by atoms with Gasteiger partial charge in [0.15, 0.2) is 5.82 Å². The van der Waals surface area contributed by atoms with E-state index in [2.05, 4.69) is 9.97 Å². The first kappa shape index (κ1) is 6.73. The minimum atomic E-state index is 0.226. The van der Waals surface area contributed by atoms with Crippen molar-refractivity contribution < 1.29 is 0 Å². The Bertz CT molecular complexity index is 260. The highest BCUT2D eigenvalue weighted by atomic mass is 14.9. The molecule has 0 aliphatic rings. The molecule has 48 valence electrons. The molecule has 10 heavy (non-hydrogen) atoms. The highest BCUT2D eigenvalue weighted by Crippen LogP contribution is 1.95. The van der Waals surface area contributed by atoms with E-state index in [1.54, 1.807) is 0 Å². The third-order valence-corrected chi connectivity index (χ3v) is 0.985. The Hall–Kier alpha value is -1.39. The highest BCUT2D eigenvalue weighted by Gasteiger charge is 1.96. The number of nitrogens with one attached hydrogen (secondary N) is 1. The molecule has 0 aliphatic carbocycles. The van der Waals surface area contributed by atoms with Crippen LogP contribution in [0.25, 0.3) is 0 Å². The quantitative estimate of drug-likeness (QED) is 0.374. The van der Waals surface area contributed by atoms with E-state index >= 15 is 0 Å². The Kier molecular flexibility index (Phi) is 1.66. The summed E-state index contributed by atoms with van der Waals surface area (Å²) in [6.45, 7) is 0. The number of nitrogens with two attached hydrogens (primary N) is 1. The number of hydrogen-bond donors (Lipinski definition) is 2. The van der Waals surface area contributed by atoms with Crippen LogP contribution in [-0.4, -0.2) is 24.0 Å². The van der Waals surface area contributed by atoms with Crippen molar-refractivity contribution in [3.05, 3.63) is 11.9 Å². The van der Waals surface area contributed by atoms with Gasteiger partial charge in [-0.3, -0.25) is 4.98 Å². The van der Waals surface area contributed by atoms with Gasteiger partial charge in [-0.1, -0.05) is 0 Å². The monoisotopic (exact) mass is 132 g/mol. The van der Waals surface area contributed by atoms with Gasteiger partial charge in [-0.25, -0.2) is 4.98 Å². The van der Waals surface area contributed by atoms with Crippen molar-refractivity contribution in [1.29, 1.82) is 5.41 Å². The molecule has 2 radical (unpaired) electrons. The molecule has 0 saturated carbocycles. The van der Waals surface area contributed by atoms with Gasteiger partial charge in [-0.05, 0) is 0 Å². The predicted octanol–water partition coefficient (Wildman–Crippen LogP) is -1.15. The van der Waals surface area contributed by atoms with Gasteiger partial charge in [0.25, 0.3) is 0 Å². The molecule has 0 unspecified atom stereocenters. The van der Waals surface area contributed by atoms with E-state index in [-0.39, 0.29) is 11.4 Å². The molecular weight excluding hydrogens is 127 g/mol. The molecule has 0 spiro atoms. The molecule has 3 N–H and O–H groups in total. The average Bonchev–Trinajstić information content (AvgIpc) is 1.94. The largest absolute Gasteiger partial charge is 0.382 e. The summed E-state index contributed by atoms with van der Waals surface area (Å²) in [7, 11) is 5.27. The maximum Gasteiger partial charge on any atom is 0.150 e. The normalized spacial score (nSPS) is 9.20. The molecular formula is C5H5BN4. The maximum atomic E-state index is 6.82. The molecule has 1 heterocycles. The molecule has 1 rings (SSSR count). The summed E-state index contributed by atoms with van der Waals surface area (Å²) in [4.78, 5) is 7.43. The van der Waals surface area contributed by atoms with Crippen LogP contribution in [-0.2, 0) is 0 Å². The number of nitrogen functional groups attached to an aromatic ring is 1. The van der Waals surface area contributed by atoms with Crippen LogP contribution >= 0.6 is 0 Å². The van der Waals surface area contributed by atoms with Crippen molar-refractivity contribution in [1.82, 2.24) is 9.97 Å². The lowest BCUT2D eigenvalue weighted by Crippen LogP contribution is -2.13. The first-order valence-corrected chi connectivity index (χ1v) is 2.62. The summed E-state index contributed by atoms with van der Waals surface area (Å²) in [5.74, 6) is 0.226. The van der Waals surface area contributed by atoms with Gasteiger partial charge in [0, 0.05) is 18.0 Å². The first-order valence-electron chi connectivity index (χ1n) is 2.62. The fourth-order valence-corrected chi connectivity index (χ4v) is 0.533. The fraction of sp³-hybridized carbons (Fsp3) is 0. The first-order chi connectivity index (χ1) is 4.74. The van der Waals surface area contributed by atoms with Crippen molar-refractivity contribution in [2.24, 2.45) is 0 Å². The van der Waals surface area contributed by atoms with Gasteiger partial charge in [-0.2, -0.15) is 0 Å². The number of rotatable bonds is 1. The smallest absolute Gasteiger partial charge is 0.150 e. The molecule has 0 fully saturated rings. The molecule has 0 aliphatic heterocycles. The van der Waals surface area contributed by atoms with Gasteiger partial charge < -0.3 is 11.1 Å². The van der Waals surface area contributed by atoms with Crippen molar-refractivity contribution >= 4 is 25.5 Å². The summed E-state index contributed by atoms with van der Waals surface area (Å²) in [6, 6.07) is 0. The highest BCUT2D eigenvalue weighted by molar-refractivity contribution is 6.30. The standard InChI is InChI=1S/C5H5BN4/c6-4-2-9-5(8)3(1-7)10-4/h1-2,7H,(H2,8,9). The van der Waals surface area contributed by atoms with Gasteiger partial charge in [0.05, 0.1) is 0 Å². The van der Waals surface area contributed by atoms with Gasteiger partial charge in [0.1, 0.15) is 13.5 Å². The SMILES string of the molecule is [B]c1cnc(N)c(C=N)n1. The molecule has 0 aromatic carbocycles. The second-order valence-electron chi connectivity index (χ2n) is 1.71. The van der Waals surface area contributed by atoms with Gasteiger partial charge >= 0.3 is 0 Å². The number of nitrogens with zero attached hydrogens (tertiary/aromatic N) is 2. The molecule has 5 heteroatoms. The van der Waals surface area contributed by atoms with Crippen molar-refractivity contribution in [2.75, 3.05) is 5.73 Å². The Morgan fingerprint density at radius 2 is 2.40 bits per heavy atom. The third kappa shape index (κ3) is 1.13. The lowest BCUT2D eigenvalue weighted by Gasteiger charge is -1.97. The van der Waals surface area contributed by atoms with E-state index in [1.165, 1.54) is 6.20 Å². The Morgan fingerprint density at radius 3 is 2.90 bits per heavy atom. The molecule has 1 aromatic heterocycles. The lowest BCUT2D eigenvalue weighted by atomic mass is 10.1. The van der Waals surface area contributed by atoms with Crippen molar-refractivity contribution in [3.8, 4) is 0 Å². The molecule has 0 saturated heterocycles. The minimum Gasteiger partial charge on any atom is -0.382 e. The molecule has 1 aromatic rings. The van der Waals surface area contributed by atoms with E-state index < -0.39 is 0 Å². The second-order valence-corrected chi connectivity index (χ2v) is 1.71.